The van der Waals surface area contributed by atoms with E-state index in [9.17, 15) is 4.79 Å². The number of ether oxygens (including phenoxy) is 1. The Balaban J connectivity index is 1.95. The van der Waals surface area contributed by atoms with Gasteiger partial charge in [-0.2, -0.15) is 0 Å². The lowest BCUT2D eigenvalue weighted by molar-refractivity contribution is -0.126. The number of benzene rings is 2. The van der Waals surface area contributed by atoms with E-state index in [1.165, 1.54) is 0 Å². The first-order chi connectivity index (χ1) is 11.2. The molecular weight excluding hydrogens is 288 g/mol. The van der Waals surface area contributed by atoms with Gasteiger partial charge in [0.2, 0.25) is 6.10 Å². The number of anilines is 2. The predicted molar refractivity (Wildman–Crippen MR) is 92.5 cm³/mol. The molecular formula is C19H22N2O2. The highest BCUT2D eigenvalue weighted by molar-refractivity contribution is 6.00. The van der Waals surface area contributed by atoms with Crippen LogP contribution in [-0.2, 0) is 4.79 Å². The number of carbonyl (C=O) groups is 1. The van der Waals surface area contributed by atoms with Crippen LogP contribution in [0, 0.1) is 0 Å². The number of amides is 1. The summed E-state index contributed by atoms with van der Waals surface area (Å²) in [5.74, 6) is 0.666. The van der Waals surface area contributed by atoms with Gasteiger partial charge in [-0.3, -0.25) is 4.79 Å². The van der Waals surface area contributed by atoms with Crippen molar-refractivity contribution in [1.29, 1.82) is 0 Å². The van der Waals surface area contributed by atoms with Crippen LogP contribution in [0.2, 0.25) is 0 Å². The summed E-state index contributed by atoms with van der Waals surface area (Å²) in [6.45, 7) is 2.86. The lowest BCUT2D eigenvalue weighted by atomic mass is 10.0. The maximum Gasteiger partial charge on any atom is 0.272 e. The Bertz CT molecular complexity index is 685. The highest BCUT2D eigenvalue weighted by Crippen LogP contribution is 2.40. The van der Waals surface area contributed by atoms with E-state index in [2.05, 4.69) is 6.92 Å². The number of nitrogens with zero attached hydrogens (tertiary/aromatic N) is 1. The molecule has 1 heterocycles. The summed E-state index contributed by atoms with van der Waals surface area (Å²) in [4.78, 5) is 14.8. The van der Waals surface area contributed by atoms with E-state index in [0.717, 1.165) is 30.5 Å². The Morgan fingerprint density at radius 3 is 2.65 bits per heavy atom. The molecule has 2 aromatic rings. The van der Waals surface area contributed by atoms with Crippen LogP contribution in [0.3, 0.4) is 0 Å². The van der Waals surface area contributed by atoms with Crippen LogP contribution in [0.15, 0.2) is 48.5 Å². The average Bonchev–Trinajstić information content (AvgIpc) is 2.57. The third-order valence-corrected chi connectivity index (χ3v) is 4.10. The molecule has 2 aromatic carbocycles. The van der Waals surface area contributed by atoms with Gasteiger partial charge in [-0.15, -0.1) is 0 Å². The first kappa shape index (κ1) is 15.4. The zero-order valence-corrected chi connectivity index (χ0v) is 13.4. The molecule has 120 valence electrons. The van der Waals surface area contributed by atoms with E-state index in [1.54, 1.807) is 6.07 Å². The van der Waals surface area contributed by atoms with Gasteiger partial charge in [0.25, 0.3) is 5.91 Å². The number of unbranched alkanes of at least 4 members (excludes halogenated alkanes) is 2. The van der Waals surface area contributed by atoms with E-state index in [0.29, 0.717) is 18.0 Å². The van der Waals surface area contributed by atoms with E-state index in [1.807, 2.05) is 47.4 Å². The number of carbonyl (C=O) groups excluding carboxylic acids is 1. The van der Waals surface area contributed by atoms with E-state index in [-0.39, 0.29) is 5.91 Å². The Labute approximate surface area is 136 Å². The SMILES string of the molecule is CCCCCN1C(=O)C(c2ccccc2)Oc2cc(N)ccc21. The van der Waals surface area contributed by atoms with Gasteiger partial charge in [-0.05, 0) is 18.6 Å². The fourth-order valence-electron chi connectivity index (χ4n) is 2.87. The van der Waals surface area contributed by atoms with Crippen molar-refractivity contribution in [1.82, 2.24) is 0 Å². The molecule has 0 aromatic heterocycles. The second-order valence-corrected chi connectivity index (χ2v) is 5.83. The zero-order chi connectivity index (χ0) is 16.2. The maximum absolute atomic E-state index is 12.9. The van der Waals surface area contributed by atoms with E-state index >= 15 is 0 Å². The summed E-state index contributed by atoms with van der Waals surface area (Å²) >= 11 is 0. The monoisotopic (exact) mass is 310 g/mol. The van der Waals surface area contributed by atoms with Gasteiger partial charge in [0.15, 0.2) is 0 Å². The molecule has 0 aliphatic carbocycles. The van der Waals surface area contributed by atoms with Crippen LogP contribution in [0.5, 0.6) is 5.75 Å². The zero-order valence-electron chi connectivity index (χ0n) is 13.4. The summed E-state index contributed by atoms with van der Waals surface area (Å²) in [5, 5.41) is 0. The maximum atomic E-state index is 12.9. The fraction of sp³-hybridized carbons (Fsp3) is 0.316. The molecule has 0 fully saturated rings. The molecule has 23 heavy (non-hydrogen) atoms. The lowest BCUT2D eigenvalue weighted by Crippen LogP contribution is -2.41. The second kappa shape index (κ2) is 6.73. The molecule has 4 nitrogen and oxygen atoms in total. The van der Waals surface area contributed by atoms with E-state index in [4.69, 9.17) is 10.5 Å². The van der Waals surface area contributed by atoms with Gasteiger partial charge >= 0.3 is 0 Å². The largest absolute Gasteiger partial charge is 0.474 e. The molecule has 1 unspecified atom stereocenters. The number of fused-ring (bicyclic) bond motifs is 1. The van der Waals surface area contributed by atoms with Crippen molar-refractivity contribution in [3.8, 4) is 5.75 Å². The van der Waals surface area contributed by atoms with Gasteiger partial charge in [-0.1, -0.05) is 50.1 Å². The minimum Gasteiger partial charge on any atom is -0.474 e. The molecule has 0 bridgehead atoms. The highest BCUT2D eigenvalue weighted by atomic mass is 16.5. The first-order valence-electron chi connectivity index (χ1n) is 8.13. The number of hydrogen-bond donors (Lipinski definition) is 1. The van der Waals surface area contributed by atoms with Crippen molar-refractivity contribution in [2.45, 2.75) is 32.3 Å². The average molecular weight is 310 g/mol. The topological polar surface area (TPSA) is 55.6 Å². The molecule has 1 atom stereocenters. The predicted octanol–water partition coefficient (Wildman–Crippen LogP) is 3.93. The van der Waals surface area contributed by atoms with Crippen molar-refractivity contribution in [3.63, 3.8) is 0 Å². The van der Waals surface area contributed by atoms with Crippen LogP contribution in [0.25, 0.3) is 0 Å². The molecule has 0 radical (unpaired) electrons. The summed E-state index contributed by atoms with van der Waals surface area (Å²) in [6.07, 6.45) is 2.60. The molecule has 2 N–H and O–H groups in total. The smallest absolute Gasteiger partial charge is 0.272 e. The van der Waals surface area contributed by atoms with Crippen molar-refractivity contribution in [2.75, 3.05) is 17.2 Å². The minimum atomic E-state index is -0.605. The van der Waals surface area contributed by atoms with Gasteiger partial charge in [0.1, 0.15) is 5.75 Å². The van der Waals surface area contributed by atoms with Crippen LogP contribution in [0.1, 0.15) is 37.9 Å². The normalized spacial score (nSPS) is 16.8. The molecule has 1 aliphatic rings. The summed E-state index contributed by atoms with van der Waals surface area (Å²) in [7, 11) is 0. The molecule has 0 saturated heterocycles. The van der Waals surface area contributed by atoms with Crippen LogP contribution in [-0.4, -0.2) is 12.5 Å². The van der Waals surface area contributed by atoms with Crippen LogP contribution < -0.4 is 15.4 Å². The Morgan fingerprint density at radius 2 is 1.91 bits per heavy atom. The Kier molecular flexibility index (Phi) is 4.51. The fourth-order valence-corrected chi connectivity index (χ4v) is 2.87. The minimum absolute atomic E-state index is 0.00965. The molecule has 0 spiro atoms. The number of nitrogens with two attached hydrogens (primary N) is 1. The summed E-state index contributed by atoms with van der Waals surface area (Å²) < 4.78 is 5.98. The number of nitrogen functional groups attached to an aromatic ring is 1. The van der Waals surface area contributed by atoms with Crippen molar-refractivity contribution in [3.05, 3.63) is 54.1 Å². The van der Waals surface area contributed by atoms with Crippen molar-refractivity contribution in [2.24, 2.45) is 0 Å². The summed E-state index contributed by atoms with van der Waals surface area (Å²) in [5.41, 5.74) is 8.20. The van der Waals surface area contributed by atoms with Gasteiger partial charge < -0.3 is 15.4 Å². The second-order valence-electron chi connectivity index (χ2n) is 5.83. The third-order valence-electron chi connectivity index (χ3n) is 4.10. The lowest BCUT2D eigenvalue weighted by Gasteiger charge is -2.34. The Morgan fingerprint density at radius 1 is 1.13 bits per heavy atom. The Hall–Kier alpha value is -2.49. The molecule has 3 rings (SSSR count). The molecule has 4 heteroatoms. The number of hydrogen-bond acceptors (Lipinski definition) is 3. The van der Waals surface area contributed by atoms with E-state index < -0.39 is 6.10 Å². The standard InChI is InChI=1S/C19H22N2O2/c1-2-3-7-12-21-16-11-10-15(20)13-17(16)23-18(19(21)22)14-8-5-4-6-9-14/h4-6,8-11,13,18H,2-3,7,12,20H2,1H3. The highest BCUT2D eigenvalue weighted by Gasteiger charge is 2.35. The third kappa shape index (κ3) is 3.16. The molecule has 1 aliphatic heterocycles. The van der Waals surface area contributed by atoms with Crippen molar-refractivity contribution >= 4 is 17.3 Å². The molecule has 0 saturated carbocycles. The van der Waals surface area contributed by atoms with Crippen molar-refractivity contribution < 1.29 is 9.53 Å². The first-order valence-corrected chi connectivity index (χ1v) is 8.13. The van der Waals surface area contributed by atoms with Gasteiger partial charge in [0.05, 0.1) is 5.69 Å². The number of rotatable bonds is 5. The van der Waals surface area contributed by atoms with Gasteiger partial charge in [0, 0.05) is 23.9 Å². The van der Waals surface area contributed by atoms with Gasteiger partial charge in [-0.25, -0.2) is 0 Å². The van der Waals surface area contributed by atoms with Crippen LogP contribution in [0.4, 0.5) is 11.4 Å². The quantitative estimate of drug-likeness (QED) is 0.672. The molecule has 1 amide bonds. The van der Waals surface area contributed by atoms with Crippen LogP contribution >= 0.6 is 0 Å². The summed E-state index contributed by atoms with van der Waals surface area (Å²) in [6, 6.07) is 15.1.